The molecule has 1 aliphatic rings. The average Bonchev–Trinajstić information content (AvgIpc) is 3.54. The number of aliphatic imine (C=N–C) groups is 2. The molecule has 1 fully saturated rings. The molecule has 2 atom stereocenters. The molecule has 1 saturated heterocycles. The Labute approximate surface area is 246 Å². The van der Waals surface area contributed by atoms with Crippen LogP contribution in [0.25, 0.3) is 10.9 Å². The van der Waals surface area contributed by atoms with Crippen molar-refractivity contribution in [2.24, 2.45) is 9.98 Å². The zero-order chi connectivity index (χ0) is 30.4. The van der Waals surface area contributed by atoms with E-state index < -0.39 is 29.8 Å². The number of halogens is 3. The standard InChI is InChI=1S/C31H28ClF2N5O3/c1-4-36-15-23(35-3)10-8-20-9-11-27-24(12-20)25(19(2)40)17-38(27)18-29(41)39-16-22(33)13-28(39)31(42)37-14-21-6-5-7-26(32)30(21)34/h4-7,9,11-12,15,17,22,28H,3,13-14,16,18H2,1-2H3,(H,37,42)/b23-15-,36-4?/t22-,28+/m1/s1. The summed E-state index contributed by atoms with van der Waals surface area (Å²) < 4.78 is 30.3. The van der Waals surface area contributed by atoms with E-state index >= 15 is 0 Å². The fraction of sp³-hybridized carbons (Fsp3) is 0.258. The largest absolute Gasteiger partial charge is 0.350 e. The van der Waals surface area contributed by atoms with Gasteiger partial charge in [-0.15, -0.1) is 0 Å². The van der Waals surface area contributed by atoms with Gasteiger partial charge in [-0.25, -0.2) is 8.78 Å². The van der Waals surface area contributed by atoms with Crippen molar-refractivity contribution in [3.63, 3.8) is 0 Å². The number of nitrogens with zero attached hydrogens (tertiary/aromatic N) is 4. The molecule has 1 aliphatic heterocycles. The molecule has 0 saturated carbocycles. The van der Waals surface area contributed by atoms with Crippen LogP contribution in [0.2, 0.25) is 5.02 Å². The highest BCUT2D eigenvalue weighted by molar-refractivity contribution is 6.30. The van der Waals surface area contributed by atoms with E-state index in [0.717, 1.165) is 0 Å². The molecular formula is C31H28ClF2N5O3. The average molecular weight is 592 g/mol. The summed E-state index contributed by atoms with van der Waals surface area (Å²) in [7, 11) is 0. The summed E-state index contributed by atoms with van der Waals surface area (Å²) in [5.41, 5.74) is 2.14. The Kier molecular flexibility index (Phi) is 9.65. The molecule has 11 heteroatoms. The highest BCUT2D eigenvalue weighted by Gasteiger charge is 2.39. The zero-order valence-electron chi connectivity index (χ0n) is 23.0. The minimum absolute atomic E-state index is 0.0802. The molecule has 2 heterocycles. The molecule has 0 bridgehead atoms. The summed E-state index contributed by atoms with van der Waals surface area (Å²) in [6.07, 6.45) is 3.06. The number of likely N-dealkylation sites (tertiary alicyclic amines) is 1. The monoisotopic (exact) mass is 591 g/mol. The number of nitrogens with one attached hydrogen (secondary N) is 1. The summed E-state index contributed by atoms with van der Waals surface area (Å²) in [6.45, 7) is 6.02. The minimum Gasteiger partial charge on any atom is -0.350 e. The van der Waals surface area contributed by atoms with Crippen LogP contribution in [0.1, 0.15) is 41.8 Å². The van der Waals surface area contributed by atoms with E-state index in [-0.39, 0.29) is 42.4 Å². The van der Waals surface area contributed by atoms with Gasteiger partial charge in [-0.05, 0) is 50.8 Å². The number of hydrogen-bond acceptors (Lipinski definition) is 5. The number of allylic oxidation sites excluding steroid dienone is 1. The Hall–Kier alpha value is -4.62. The summed E-state index contributed by atoms with van der Waals surface area (Å²) >= 11 is 5.81. The molecule has 0 aliphatic carbocycles. The molecule has 1 N–H and O–H groups in total. The third-order valence-electron chi connectivity index (χ3n) is 6.77. The second-order valence-corrected chi connectivity index (χ2v) is 10.0. The Bertz CT molecular complexity index is 1680. The van der Waals surface area contributed by atoms with Crippen LogP contribution in [0.4, 0.5) is 8.78 Å². The van der Waals surface area contributed by atoms with Gasteiger partial charge in [0, 0.05) is 53.0 Å². The first-order valence-electron chi connectivity index (χ1n) is 13.1. The second-order valence-electron chi connectivity index (χ2n) is 9.61. The van der Waals surface area contributed by atoms with Crippen LogP contribution in [-0.4, -0.2) is 58.8 Å². The van der Waals surface area contributed by atoms with Gasteiger partial charge in [0.2, 0.25) is 11.8 Å². The first-order valence-corrected chi connectivity index (χ1v) is 13.4. The second kappa shape index (κ2) is 13.4. The molecule has 4 rings (SSSR count). The molecule has 0 spiro atoms. The van der Waals surface area contributed by atoms with Gasteiger partial charge in [0.25, 0.3) is 0 Å². The number of ketones is 1. The molecule has 42 heavy (non-hydrogen) atoms. The van der Waals surface area contributed by atoms with Gasteiger partial charge in [-0.1, -0.05) is 29.7 Å². The maximum absolute atomic E-state index is 14.5. The number of amides is 2. The van der Waals surface area contributed by atoms with E-state index in [1.807, 2.05) is 0 Å². The molecule has 216 valence electrons. The molecule has 3 aromatic rings. The number of fused-ring (bicyclic) bond motifs is 1. The summed E-state index contributed by atoms with van der Waals surface area (Å²) in [5, 5.41) is 3.09. The number of benzene rings is 2. The van der Waals surface area contributed by atoms with Crippen LogP contribution in [0.3, 0.4) is 0 Å². The smallest absolute Gasteiger partial charge is 0.243 e. The Morgan fingerprint density at radius 3 is 2.76 bits per heavy atom. The lowest BCUT2D eigenvalue weighted by molar-refractivity contribution is -0.139. The Balaban J connectivity index is 1.55. The molecule has 2 amide bonds. The van der Waals surface area contributed by atoms with Crippen LogP contribution in [-0.2, 0) is 22.7 Å². The normalized spacial score (nSPS) is 16.9. The predicted molar refractivity (Wildman–Crippen MR) is 159 cm³/mol. The highest BCUT2D eigenvalue weighted by Crippen LogP contribution is 2.26. The predicted octanol–water partition coefficient (Wildman–Crippen LogP) is 4.88. The van der Waals surface area contributed by atoms with E-state index in [2.05, 4.69) is 33.9 Å². The van der Waals surface area contributed by atoms with Crippen LogP contribution in [0, 0.1) is 17.7 Å². The fourth-order valence-corrected chi connectivity index (χ4v) is 4.90. The lowest BCUT2D eigenvalue weighted by atomic mass is 10.1. The summed E-state index contributed by atoms with van der Waals surface area (Å²) in [4.78, 5) is 47.8. The number of rotatable bonds is 8. The van der Waals surface area contributed by atoms with Crippen molar-refractivity contribution in [3.05, 3.63) is 82.0 Å². The van der Waals surface area contributed by atoms with Gasteiger partial charge >= 0.3 is 0 Å². The van der Waals surface area contributed by atoms with Crippen LogP contribution < -0.4 is 5.32 Å². The van der Waals surface area contributed by atoms with Crippen molar-refractivity contribution in [3.8, 4) is 11.8 Å². The highest BCUT2D eigenvalue weighted by atomic mass is 35.5. The first kappa shape index (κ1) is 30.3. The lowest BCUT2D eigenvalue weighted by Crippen LogP contribution is -2.46. The number of aromatic nitrogens is 1. The van der Waals surface area contributed by atoms with E-state index in [0.29, 0.717) is 27.7 Å². The topological polar surface area (TPSA) is 96.1 Å². The van der Waals surface area contributed by atoms with Crippen molar-refractivity contribution in [1.29, 1.82) is 0 Å². The zero-order valence-corrected chi connectivity index (χ0v) is 23.8. The van der Waals surface area contributed by atoms with Gasteiger partial charge in [0.05, 0.1) is 17.8 Å². The number of carbonyl (C=O) groups excluding carboxylic acids is 3. The maximum Gasteiger partial charge on any atom is 0.243 e. The first-order chi connectivity index (χ1) is 20.1. The Morgan fingerprint density at radius 2 is 2.05 bits per heavy atom. The summed E-state index contributed by atoms with van der Waals surface area (Å²) in [5.74, 6) is 3.88. The van der Waals surface area contributed by atoms with Crippen molar-refractivity contribution in [1.82, 2.24) is 14.8 Å². The number of alkyl halides is 1. The van der Waals surface area contributed by atoms with E-state index in [4.69, 9.17) is 11.6 Å². The van der Waals surface area contributed by atoms with E-state index in [9.17, 15) is 23.2 Å². The van der Waals surface area contributed by atoms with Crippen LogP contribution >= 0.6 is 11.6 Å². The molecule has 1 aromatic heterocycles. The van der Waals surface area contributed by atoms with Crippen molar-refractivity contribution in [2.75, 3.05) is 6.54 Å². The Morgan fingerprint density at radius 1 is 1.26 bits per heavy atom. The van der Waals surface area contributed by atoms with Crippen LogP contribution in [0.15, 0.2) is 64.5 Å². The lowest BCUT2D eigenvalue weighted by Gasteiger charge is -2.24. The van der Waals surface area contributed by atoms with Crippen molar-refractivity contribution >= 4 is 53.0 Å². The van der Waals surface area contributed by atoms with Gasteiger partial charge < -0.3 is 14.8 Å². The summed E-state index contributed by atoms with van der Waals surface area (Å²) in [6, 6.07) is 8.57. The van der Waals surface area contributed by atoms with Gasteiger partial charge in [-0.2, -0.15) is 0 Å². The number of hydrogen-bond donors (Lipinski definition) is 1. The molecule has 0 unspecified atom stereocenters. The molecule has 2 aromatic carbocycles. The minimum atomic E-state index is -1.39. The van der Waals surface area contributed by atoms with Gasteiger partial charge in [0.1, 0.15) is 30.3 Å². The van der Waals surface area contributed by atoms with Crippen molar-refractivity contribution < 1.29 is 23.2 Å². The molecular weight excluding hydrogens is 564 g/mol. The number of Topliss-reactive ketones (excluding diaryl/α,β-unsaturated/α-hetero) is 1. The van der Waals surface area contributed by atoms with Gasteiger partial charge in [-0.3, -0.25) is 24.4 Å². The van der Waals surface area contributed by atoms with Crippen LogP contribution in [0.5, 0.6) is 0 Å². The number of carbonyl (C=O) groups is 3. The van der Waals surface area contributed by atoms with Gasteiger partial charge in [0.15, 0.2) is 5.78 Å². The third kappa shape index (κ3) is 6.81. The van der Waals surface area contributed by atoms with E-state index in [1.54, 1.807) is 48.2 Å². The SMILES string of the molecule is C=N/C(C#Cc1ccc2c(c1)c(C(C)=O)cn2CC(=O)N1C[C@H](F)C[C@H]1C(=O)NCc1cccc(Cl)c1F)=C\N=CC. The van der Waals surface area contributed by atoms with Crippen molar-refractivity contribution in [2.45, 2.75) is 45.6 Å². The molecule has 0 radical (unpaired) electrons. The maximum atomic E-state index is 14.5. The quantitative estimate of drug-likeness (QED) is 0.230. The molecule has 8 nitrogen and oxygen atoms in total. The fourth-order valence-electron chi connectivity index (χ4n) is 4.71. The third-order valence-corrected chi connectivity index (χ3v) is 7.07. The van der Waals surface area contributed by atoms with E-state index in [1.165, 1.54) is 30.2 Å².